The molecule has 3 nitrogen and oxygen atoms in total. The average Bonchev–Trinajstić information content (AvgIpc) is 2.13. The molecule has 2 fully saturated rings. The number of ether oxygens (including phenoxy) is 1. The maximum absolute atomic E-state index is 11.4. The van der Waals surface area contributed by atoms with E-state index >= 15 is 0 Å². The topological polar surface area (TPSA) is 35.5 Å². The van der Waals surface area contributed by atoms with Gasteiger partial charge in [-0.05, 0) is 19.3 Å². The van der Waals surface area contributed by atoms with E-state index in [0.717, 1.165) is 25.9 Å². The van der Waals surface area contributed by atoms with Crippen molar-refractivity contribution >= 4 is 11.1 Å². The molecule has 0 radical (unpaired) electrons. The highest BCUT2D eigenvalue weighted by atomic mass is 32.2. The molecule has 2 rings (SSSR count). The highest BCUT2D eigenvalue weighted by Crippen LogP contribution is 2.46. The molecule has 0 aromatic heterocycles. The quantitative estimate of drug-likeness (QED) is 0.679. The largest absolute Gasteiger partial charge is 0.377 e. The molecule has 0 N–H and O–H groups in total. The Morgan fingerprint density at radius 1 is 1.62 bits per heavy atom. The highest BCUT2D eigenvalue weighted by molar-refractivity contribution is 7.80. The predicted octanol–water partition coefficient (Wildman–Crippen LogP) is 1.25. The zero-order chi connectivity index (χ0) is 9.47. The van der Waals surface area contributed by atoms with E-state index in [0.29, 0.717) is 11.5 Å². The van der Waals surface area contributed by atoms with Crippen LogP contribution in [0.3, 0.4) is 0 Å². The summed E-state index contributed by atoms with van der Waals surface area (Å²) in [6.45, 7) is 3.14. The maximum Gasteiger partial charge on any atom is 0.158 e. The molecule has 4 atom stereocenters. The Kier molecular flexibility index (Phi) is 2.47. The van der Waals surface area contributed by atoms with E-state index in [2.05, 4.69) is 6.92 Å². The molecule has 76 valence electrons. The molecule has 13 heavy (non-hydrogen) atoms. The van der Waals surface area contributed by atoms with Crippen LogP contribution in [0, 0.1) is 5.41 Å². The van der Waals surface area contributed by atoms with E-state index in [1.165, 1.54) is 7.11 Å². The van der Waals surface area contributed by atoms with Crippen molar-refractivity contribution in [3.63, 3.8) is 0 Å². The lowest BCUT2D eigenvalue weighted by Gasteiger charge is -2.51. The van der Waals surface area contributed by atoms with Crippen LogP contribution >= 0.6 is 0 Å². The minimum atomic E-state index is -1.11. The van der Waals surface area contributed by atoms with Crippen molar-refractivity contribution in [3.05, 3.63) is 0 Å². The first kappa shape index (κ1) is 9.62. The molecular formula is C9H16O3S. The first-order valence-corrected chi connectivity index (χ1v) is 5.86. The normalized spacial score (nSPS) is 46.3. The molecular weight excluding hydrogens is 188 g/mol. The van der Waals surface area contributed by atoms with E-state index < -0.39 is 11.1 Å². The van der Waals surface area contributed by atoms with Crippen LogP contribution in [0.5, 0.6) is 0 Å². The molecule has 0 amide bonds. The molecule has 4 heteroatoms. The van der Waals surface area contributed by atoms with E-state index in [-0.39, 0.29) is 5.25 Å². The number of fused-ring (bicyclic) bond motifs is 1. The second kappa shape index (κ2) is 3.33. The molecule has 1 heterocycles. The summed E-state index contributed by atoms with van der Waals surface area (Å²) >= 11 is -1.11. The van der Waals surface area contributed by atoms with Gasteiger partial charge in [0.15, 0.2) is 11.1 Å². The van der Waals surface area contributed by atoms with Gasteiger partial charge in [0.05, 0.1) is 25.1 Å². The molecule has 1 saturated heterocycles. The van der Waals surface area contributed by atoms with Crippen LogP contribution in [0.25, 0.3) is 0 Å². The molecule has 0 bridgehead atoms. The van der Waals surface area contributed by atoms with Gasteiger partial charge in [0, 0.05) is 5.41 Å². The highest BCUT2D eigenvalue weighted by Gasteiger charge is 2.49. The lowest BCUT2D eigenvalue weighted by Crippen LogP contribution is -2.54. The van der Waals surface area contributed by atoms with Gasteiger partial charge in [0.1, 0.15) is 0 Å². The number of rotatable bonds is 2. The Bertz CT molecular complexity index is 231. The van der Waals surface area contributed by atoms with Crippen LogP contribution in [-0.4, -0.2) is 29.3 Å². The van der Waals surface area contributed by atoms with Crippen molar-refractivity contribution in [2.45, 2.75) is 37.5 Å². The fraction of sp³-hybridized carbons (Fsp3) is 1.00. The summed E-state index contributed by atoms with van der Waals surface area (Å²) in [5.41, 5.74) is 0.369. The van der Waals surface area contributed by atoms with Crippen molar-refractivity contribution in [3.8, 4) is 0 Å². The SMILES string of the molecule is COS(=O)C1CCC2(C)COC2C1. The fourth-order valence-corrected chi connectivity index (χ4v) is 3.14. The van der Waals surface area contributed by atoms with Gasteiger partial charge in [-0.15, -0.1) is 0 Å². The average molecular weight is 204 g/mol. The summed E-state index contributed by atoms with van der Waals surface area (Å²) in [6.07, 6.45) is 3.36. The molecule has 0 spiro atoms. The van der Waals surface area contributed by atoms with Crippen molar-refractivity contribution in [2.24, 2.45) is 5.41 Å². The van der Waals surface area contributed by atoms with Gasteiger partial charge in [0.25, 0.3) is 0 Å². The van der Waals surface area contributed by atoms with Crippen molar-refractivity contribution in [1.29, 1.82) is 0 Å². The second-order valence-electron chi connectivity index (χ2n) is 4.28. The van der Waals surface area contributed by atoms with Gasteiger partial charge in [-0.3, -0.25) is 4.18 Å². The van der Waals surface area contributed by atoms with Crippen molar-refractivity contribution < 1.29 is 13.1 Å². The maximum atomic E-state index is 11.4. The summed E-state index contributed by atoms with van der Waals surface area (Å²) in [5.74, 6) is 0. The van der Waals surface area contributed by atoms with Crippen LogP contribution in [0.4, 0.5) is 0 Å². The van der Waals surface area contributed by atoms with Crippen LogP contribution in [0.2, 0.25) is 0 Å². The molecule has 0 aromatic rings. The summed E-state index contributed by atoms with van der Waals surface area (Å²) in [7, 11) is 1.51. The Morgan fingerprint density at radius 3 is 2.85 bits per heavy atom. The molecule has 0 aromatic carbocycles. The van der Waals surface area contributed by atoms with Crippen LogP contribution in [-0.2, 0) is 20.0 Å². The van der Waals surface area contributed by atoms with Gasteiger partial charge >= 0.3 is 0 Å². The van der Waals surface area contributed by atoms with Gasteiger partial charge < -0.3 is 4.74 Å². The summed E-state index contributed by atoms with van der Waals surface area (Å²) in [4.78, 5) is 0. The van der Waals surface area contributed by atoms with Crippen LogP contribution < -0.4 is 0 Å². The lowest BCUT2D eigenvalue weighted by molar-refractivity contribution is -0.195. The molecule has 4 unspecified atom stereocenters. The van der Waals surface area contributed by atoms with Crippen molar-refractivity contribution in [1.82, 2.24) is 0 Å². The Hall–Kier alpha value is 0.0700. The molecule has 1 aliphatic heterocycles. The molecule has 2 aliphatic rings. The van der Waals surface area contributed by atoms with Crippen molar-refractivity contribution in [2.75, 3.05) is 13.7 Å². The fourth-order valence-electron chi connectivity index (χ4n) is 2.23. The third kappa shape index (κ3) is 1.55. The summed E-state index contributed by atoms with van der Waals surface area (Å²) in [6, 6.07) is 0. The van der Waals surface area contributed by atoms with E-state index in [9.17, 15) is 4.21 Å². The first-order valence-electron chi connectivity index (χ1n) is 4.72. The third-order valence-electron chi connectivity index (χ3n) is 3.34. The zero-order valence-electron chi connectivity index (χ0n) is 8.12. The monoisotopic (exact) mass is 204 g/mol. The van der Waals surface area contributed by atoms with Gasteiger partial charge in [-0.25, -0.2) is 4.21 Å². The molecule has 1 saturated carbocycles. The summed E-state index contributed by atoms with van der Waals surface area (Å²) in [5, 5.41) is 0.184. The zero-order valence-corrected chi connectivity index (χ0v) is 8.93. The molecule has 1 aliphatic carbocycles. The first-order chi connectivity index (χ1) is 6.15. The standard InChI is InChI=1S/C9H16O3S/c1-9-4-3-7(13(10)11-2)5-8(9)12-6-9/h7-8H,3-6H2,1-2H3. The number of hydrogen-bond donors (Lipinski definition) is 0. The smallest absolute Gasteiger partial charge is 0.158 e. The second-order valence-corrected chi connectivity index (χ2v) is 5.80. The Labute approximate surface area is 81.5 Å². The lowest BCUT2D eigenvalue weighted by atomic mass is 9.70. The van der Waals surface area contributed by atoms with E-state index in [4.69, 9.17) is 8.92 Å². The van der Waals surface area contributed by atoms with E-state index in [1.54, 1.807) is 0 Å². The van der Waals surface area contributed by atoms with Gasteiger partial charge in [-0.2, -0.15) is 0 Å². The third-order valence-corrected chi connectivity index (χ3v) is 4.64. The number of hydrogen-bond acceptors (Lipinski definition) is 3. The Balaban J connectivity index is 1.96. The predicted molar refractivity (Wildman–Crippen MR) is 50.6 cm³/mol. The van der Waals surface area contributed by atoms with Gasteiger partial charge in [0.2, 0.25) is 0 Å². The van der Waals surface area contributed by atoms with Gasteiger partial charge in [-0.1, -0.05) is 6.92 Å². The van der Waals surface area contributed by atoms with E-state index in [1.807, 2.05) is 0 Å². The van der Waals surface area contributed by atoms with Crippen LogP contribution in [0.15, 0.2) is 0 Å². The summed E-state index contributed by atoms with van der Waals surface area (Å²) < 4.78 is 21.7. The minimum absolute atomic E-state index is 0.184. The Morgan fingerprint density at radius 2 is 2.38 bits per heavy atom. The minimum Gasteiger partial charge on any atom is -0.377 e. The van der Waals surface area contributed by atoms with Crippen LogP contribution in [0.1, 0.15) is 26.2 Å².